The van der Waals surface area contributed by atoms with E-state index in [1.807, 2.05) is 0 Å². The van der Waals surface area contributed by atoms with Gasteiger partial charge in [-0.2, -0.15) is 9.97 Å². The van der Waals surface area contributed by atoms with Gasteiger partial charge in [0.05, 0.1) is 0 Å². The number of nitrogens with two attached hydrogens (primary N) is 2. The fraction of sp³-hybridized carbons (Fsp3) is 0.500. The number of hydrogen-bond donors (Lipinski definition) is 3. The lowest BCUT2D eigenvalue weighted by Gasteiger charge is -2.04. The number of rotatable bonds is 2. The average molecular weight is 179 g/mol. The van der Waals surface area contributed by atoms with E-state index in [-0.39, 0.29) is 5.95 Å². The van der Waals surface area contributed by atoms with Crippen LogP contribution in [0.15, 0.2) is 6.07 Å². The Bertz CT molecular complexity index is 304. The normalized spacial score (nSPS) is 25.6. The van der Waals surface area contributed by atoms with Gasteiger partial charge in [0.2, 0.25) is 5.95 Å². The summed E-state index contributed by atoms with van der Waals surface area (Å²) in [5, 5.41) is 3.24. The van der Waals surface area contributed by atoms with E-state index in [2.05, 4.69) is 22.2 Å². The molecule has 2 rings (SSSR count). The summed E-state index contributed by atoms with van der Waals surface area (Å²) in [6.07, 6.45) is 1.18. The minimum atomic E-state index is 0.218. The molecule has 5 heteroatoms. The molecule has 1 fully saturated rings. The molecule has 0 saturated heterocycles. The van der Waals surface area contributed by atoms with Gasteiger partial charge in [-0.25, -0.2) is 0 Å². The van der Waals surface area contributed by atoms with Crippen LogP contribution in [-0.2, 0) is 0 Å². The Morgan fingerprint density at radius 2 is 2.15 bits per heavy atom. The minimum absolute atomic E-state index is 0.218. The number of nitrogen functional groups attached to an aromatic ring is 2. The molecule has 0 radical (unpaired) electrons. The number of hydrogen-bond acceptors (Lipinski definition) is 5. The molecule has 0 aromatic carbocycles. The standard InChI is InChI=1S/C8H13N5/c1-4-2-5(4)11-7-3-6(9)12-8(10)13-7/h3-5H,2H2,1H3,(H5,9,10,11,12,13). The highest BCUT2D eigenvalue weighted by Crippen LogP contribution is 2.32. The largest absolute Gasteiger partial charge is 0.383 e. The van der Waals surface area contributed by atoms with Gasteiger partial charge in [-0.3, -0.25) is 0 Å². The lowest BCUT2D eigenvalue weighted by molar-refractivity contribution is 0.923. The number of nitrogens with zero attached hydrogens (tertiary/aromatic N) is 2. The Labute approximate surface area is 76.6 Å². The molecule has 0 aliphatic heterocycles. The van der Waals surface area contributed by atoms with Gasteiger partial charge in [-0.05, 0) is 12.3 Å². The molecule has 5 N–H and O–H groups in total. The van der Waals surface area contributed by atoms with Gasteiger partial charge in [-0.15, -0.1) is 0 Å². The molecule has 1 aromatic heterocycles. The minimum Gasteiger partial charge on any atom is -0.383 e. The maximum absolute atomic E-state index is 5.52. The molecule has 1 heterocycles. The van der Waals surface area contributed by atoms with Crippen molar-refractivity contribution in [2.75, 3.05) is 16.8 Å². The monoisotopic (exact) mass is 179 g/mol. The van der Waals surface area contributed by atoms with E-state index < -0.39 is 0 Å². The SMILES string of the molecule is CC1CC1Nc1cc(N)nc(N)n1. The van der Waals surface area contributed by atoms with Gasteiger partial charge in [-0.1, -0.05) is 6.92 Å². The predicted octanol–water partition coefficient (Wildman–Crippen LogP) is 0.461. The summed E-state index contributed by atoms with van der Waals surface area (Å²) in [7, 11) is 0. The van der Waals surface area contributed by atoms with E-state index in [1.54, 1.807) is 6.07 Å². The lowest BCUT2D eigenvalue weighted by Crippen LogP contribution is -2.08. The Hall–Kier alpha value is -1.52. The molecule has 13 heavy (non-hydrogen) atoms. The van der Waals surface area contributed by atoms with Crippen molar-refractivity contribution in [2.24, 2.45) is 5.92 Å². The Balaban J connectivity index is 2.11. The summed E-state index contributed by atoms with van der Waals surface area (Å²) in [6.45, 7) is 2.19. The molecule has 1 saturated carbocycles. The maximum atomic E-state index is 5.52. The van der Waals surface area contributed by atoms with Gasteiger partial charge < -0.3 is 16.8 Å². The van der Waals surface area contributed by atoms with Gasteiger partial charge >= 0.3 is 0 Å². The first-order chi connectivity index (χ1) is 6.15. The van der Waals surface area contributed by atoms with Crippen molar-refractivity contribution in [1.29, 1.82) is 0 Å². The first-order valence-electron chi connectivity index (χ1n) is 4.31. The lowest BCUT2D eigenvalue weighted by atomic mass is 10.4. The quantitative estimate of drug-likeness (QED) is 0.613. The fourth-order valence-electron chi connectivity index (χ4n) is 1.27. The highest BCUT2D eigenvalue weighted by atomic mass is 15.1. The zero-order valence-corrected chi connectivity index (χ0v) is 7.49. The molecule has 0 spiro atoms. The first kappa shape index (κ1) is 8.10. The van der Waals surface area contributed by atoms with Crippen LogP contribution >= 0.6 is 0 Å². The third-order valence-electron chi connectivity index (χ3n) is 2.21. The summed E-state index contributed by atoms with van der Waals surface area (Å²) < 4.78 is 0. The molecule has 70 valence electrons. The van der Waals surface area contributed by atoms with Crippen molar-refractivity contribution in [3.05, 3.63) is 6.07 Å². The van der Waals surface area contributed by atoms with E-state index in [1.165, 1.54) is 6.42 Å². The van der Waals surface area contributed by atoms with E-state index in [9.17, 15) is 0 Å². The van der Waals surface area contributed by atoms with E-state index >= 15 is 0 Å². The Morgan fingerprint density at radius 1 is 1.46 bits per heavy atom. The second-order valence-corrected chi connectivity index (χ2v) is 3.50. The molecule has 2 unspecified atom stereocenters. The summed E-state index contributed by atoms with van der Waals surface area (Å²) in [6, 6.07) is 2.22. The second kappa shape index (κ2) is 2.76. The average Bonchev–Trinajstić information content (AvgIpc) is 2.63. The van der Waals surface area contributed by atoms with Gasteiger partial charge in [0.15, 0.2) is 0 Å². The maximum Gasteiger partial charge on any atom is 0.223 e. The first-order valence-corrected chi connectivity index (χ1v) is 4.31. The van der Waals surface area contributed by atoms with Crippen molar-refractivity contribution < 1.29 is 0 Å². The van der Waals surface area contributed by atoms with Crippen LogP contribution in [0.4, 0.5) is 17.6 Å². The summed E-state index contributed by atoms with van der Waals surface area (Å²) in [5.41, 5.74) is 11.0. The Morgan fingerprint density at radius 3 is 2.69 bits per heavy atom. The van der Waals surface area contributed by atoms with Crippen LogP contribution in [0.3, 0.4) is 0 Å². The van der Waals surface area contributed by atoms with Gasteiger partial charge in [0.1, 0.15) is 11.6 Å². The summed E-state index contributed by atoms with van der Waals surface area (Å²) in [5.74, 6) is 2.07. The van der Waals surface area contributed by atoms with Gasteiger partial charge in [0.25, 0.3) is 0 Å². The molecular formula is C8H13N5. The highest BCUT2D eigenvalue weighted by molar-refractivity contribution is 5.49. The smallest absolute Gasteiger partial charge is 0.223 e. The fourth-order valence-corrected chi connectivity index (χ4v) is 1.27. The van der Waals surface area contributed by atoms with Crippen molar-refractivity contribution in [3.8, 4) is 0 Å². The molecule has 0 amide bonds. The number of nitrogens with one attached hydrogen (secondary N) is 1. The zero-order chi connectivity index (χ0) is 9.42. The van der Waals surface area contributed by atoms with Crippen LogP contribution in [0.25, 0.3) is 0 Å². The molecular weight excluding hydrogens is 166 g/mol. The van der Waals surface area contributed by atoms with Crippen LogP contribution in [0.1, 0.15) is 13.3 Å². The molecule has 1 aliphatic carbocycles. The summed E-state index contributed by atoms with van der Waals surface area (Å²) >= 11 is 0. The predicted molar refractivity (Wildman–Crippen MR) is 52.0 cm³/mol. The van der Waals surface area contributed by atoms with Crippen molar-refractivity contribution >= 4 is 17.6 Å². The molecule has 0 bridgehead atoms. The highest BCUT2D eigenvalue weighted by Gasteiger charge is 2.32. The Kier molecular flexibility index (Phi) is 1.72. The van der Waals surface area contributed by atoms with E-state index in [4.69, 9.17) is 11.5 Å². The number of aromatic nitrogens is 2. The molecule has 1 aromatic rings. The molecule has 1 aliphatic rings. The van der Waals surface area contributed by atoms with E-state index in [0.717, 1.165) is 11.7 Å². The zero-order valence-electron chi connectivity index (χ0n) is 7.49. The van der Waals surface area contributed by atoms with Gasteiger partial charge in [0, 0.05) is 12.1 Å². The van der Waals surface area contributed by atoms with Crippen molar-refractivity contribution in [3.63, 3.8) is 0 Å². The van der Waals surface area contributed by atoms with Crippen molar-refractivity contribution in [2.45, 2.75) is 19.4 Å². The van der Waals surface area contributed by atoms with E-state index in [0.29, 0.717) is 11.9 Å². The topological polar surface area (TPSA) is 89.8 Å². The van der Waals surface area contributed by atoms with Crippen molar-refractivity contribution in [1.82, 2.24) is 9.97 Å². The van der Waals surface area contributed by atoms with Crippen LogP contribution in [0.5, 0.6) is 0 Å². The van der Waals surface area contributed by atoms with Crippen LogP contribution in [-0.4, -0.2) is 16.0 Å². The third kappa shape index (κ3) is 1.80. The summed E-state index contributed by atoms with van der Waals surface area (Å²) in [4.78, 5) is 7.81. The second-order valence-electron chi connectivity index (χ2n) is 3.50. The van der Waals surface area contributed by atoms with Crippen LogP contribution in [0, 0.1) is 5.92 Å². The van der Waals surface area contributed by atoms with Crippen LogP contribution in [0.2, 0.25) is 0 Å². The molecule has 5 nitrogen and oxygen atoms in total. The third-order valence-corrected chi connectivity index (χ3v) is 2.21. The molecule has 2 atom stereocenters. The number of anilines is 3. The van der Waals surface area contributed by atoms with Crippen LogP contribution < -0.4 is 16.8 Å².